The van der Waals surface area contributed by atoms with Crippen molar-refractivity contribution in [1.29, 1.82) is 0 Å². The van der Waals surface area contributed by atoms with Crippen LogP contribution in [0, 0.1) is 0 Å². The first kappa shape index (κ1) is 24.4. The van der Waals surface area contributed by atoms with Crippen LogP contribution < -0.4 is 11.1 Å². The van der Waals surface area contributed by atoms with E-state index in [4.69, 9.17) is 5.73 Å². The Morgan fingerprint density at radius 1 is 0.885 bits per heavy atom. The summed E-state index contributed by atoms with van der Waals surface area (Å²) in [5.41, 5.74) is 5.91. The van der Waals surface area contributed by atoms with E-state index in [1.54, 1.807) is 0 Å². The Balaban J connectivity index is 4.10. The minimum atomic E-state index is -0.892. The van der Waals surface area contributed by atoms with Crippen LogP contribution >= 0.6 is 0 Å². The number of rotatable bonds is 15. The molecule has 7 nitrogen and oxygen atoms in total. The fourth-order valence-corrected chi connectivity index (χ4v) is 2.66. The maximum atomic E-state index is 12.2. The molecule has 0 aliphatic rings. The quantitative estimate of drug-likeness (QED) is 0.338. The third-order valence-corrected chi connectivity index (χ3v) is 4.37. The summed E-state index contributed by atoms with van der Waals surface area (Å²) in [4.78, 5) is 35.1. The van der Waals surface area contributed by atoms with Crippen LogP contribution in [0.1, 0.15) is 77.6 Å². The summed E-state index contributed by atoms with van der Waals surface area (Å²) in [6.07, 6.45) is 10.1. The van der Waals surface area contributed by atoms with Crippen molar-refractivity contribution >= 4 is 17.8 Å². The number of hydrogen-bond donors (Lipinski definition) is 2. The number of nitrogens with two attached hydrogens (primary N) is 1. The summed E-state index contributed by atoms with van der Waals surface area (Å²) in [5.74, 6) is -1.44. The van der Waals surface area contributed by atoms with Crippen molar-refractivity contribution in [2.24, 2.45) is 5.73 Å². The molecule has 0 aromatic carbocycles. The van der Waals surface area contributed by atoms with E-state index in [-0.39, 0.29) is 12.8 Å². The lowest BCUT2D eigenvalue weighted by atomic mass is 10.0. The first-order chi connectivity index (χ1) is 12.5. The van der Waals surface area contributed by atoms with E-state index in [0.717, 1.165) is 19.3 Å². The highest BCUT2D eigenvalue weighted by molar-refractivity contribution is 5.87. The topological polar surface area (TPSA) is 108 Å². The summed E-state index contributed by atoms with van der Waals surface area (Å²) < 4.78 is 9.21. The lowest BCUT2D eigenvalue weighted by Crippen LogP contribution is -2.48. The number of unbranched alkanes of at least 4 members (excludes halogenated alkanes) is 7. The molecule has 3 N–H and O–H groups in total. The average Bonchev–Trinajstić information content (AvgIpc) is 2.65. The molecule has 0 fully saturated rings. The third-order valence-electron chi connectivity index (χ3n) is 4.37. The fraction of sp³-hybridized carbons (Fsp3) is 0.842. The number of ether oxygens (including phenoxy) is 2. The molecular formula is C19H36N2O5. The van der Waals surface area contributed by atoms with E-state index in [9.17, 15) is 14.4 Å². The van der Waals surface area contributed by atoms with E-state index in [2.05, 4.69) is 21.7 Å². The molecule has 7 heteroatoms. The number of esters is 2. The maximum absolute atomic E-state index is 12.2. The molecule has 0 heterocycles. The van der Waals surface area contributed by atoms with Crippen LogP contribution in [0.4, 0.5) is 0 Å². The molecule has 0 bridgehead atoms. The molecule has 0 saturated heterocycles. The van der Waals surface area contributed by atoms with Gasteiger partial charge in [0, 0.05) is 6.42 Å². The predicted octanol–water partition coefficient (Wildman–Crippen LogP) is 2.46. The molecule has 0 aromatic rings. The van der Waals surface area contributed by atoms with Crippen LogP contribution in [-0.2, 0) is 23.9 Å². The van der Waals surface area contributed by atoms with E-state index >= 15 is 0 Å². The van der Waals surface area contributed by atoms with Gasteiger partial charge in [0.2, 0.25) is 5.91 Å². The van der Waals surface area contributed by atoms with Gasteiger partial charge in [-0.1, -0.05) is 58.3 Å². The van der Waals surface area contributed by atoms with Gasteiger partial charge in [0.05, 0.1) is 20.3 Å². The molecule has 0 spiro atoms. The van der Waals surface area contributed by atoms with Crippen LogP contribution in [0.15, 0.2) is 0 Å². The molecule has 0 aromatic heterocycles. The SMILES string of the molecule is CCCCCCCCCC[C@@H](N)C(=O)N[C@@H](CCC(=O)OC)C(=O)OC. The molecule has 0 aliphatic carbocycles. The van der Waals surface area contributed by atoms with Crippen molar-refractivity contribution < 1.29 is 23.9 Å². The first-order valence-corrected chi connectivity index (χ1v) is 9.66. The number of carbonyl (C=O) groups is 3. The predicted molar refractivity (Wildman–Crippen MR) is 100 cm³/mol. The highest BCUT2D eigenvalue weighted by Gasteiger charge is 2.25. The second-order valence-electron chi connectivity index (χ2n) is 6.57. The van der Waals surface area contributed by atoms with E-state index in [1.807, 2.05) is 0 Å². The molecule has 0 radical (unpaired) electrons. The Morgan fingerprint density at radius 2 is 1.46 bits per heavy atom. The van der Waals surface area contributed by atoms with Gasteiger partial charge in [-0.2, -0.15) is 0 Å². The van der Waals surface area contributed by atoms with Gasteiger partial charge in [-0.3, -0.25) is 9.59 Å². The molecule has 26 heavy (non-hydrogen) atoms. The number of methoxy groups -OCH3 is 2. The third kappa shape index (κ3) is 11.8. The zero-order chi connectivity index (χ0) is 19.8. The second kappa shape index (κ2) is 15.6. The van der Waals surface area contributed by atoms with E-state index < -0.39 is 29.9 Å². The van der Waals surface area contributed by atoms with Crippen molar-refractivity contribution in [3.63, 3.8) is 0 Å². The Bertz CT molecular complexity index is 415. The highest BCUT2D eigenvalue weighted by Crippen LogP contribution is 2.10. The van der Waals surface area contributed by atoms with Crippen molar-refractivity contribution in [2.75, 3.05) is 14.2 Å². The number of hydrogen-bond acceptors (Lipinski definition) is 6. The first-order valence-electron chi connectivity index (χ1n) is 9.66. The van der Waals surface area contributed by atoms with Gasteiger partial charge in [-0.15, -0.1) is 0 Å². The summed E-state index contributed by atoms with van der Waals surface area (Å²) in [5, 5.41) is 2.58. The van der Waals surface area contributed by atoms with Crippen LogP contribution in [-0.4, -0.2) is 44.1 Å². The Hall–Kier alpha value is -1.63. The molecule has 2 atom stereocenters. The van der Waals surface area contributed by atoms with Crippen molar-refractivity contribution in [3.8, 4) is 0 Å². The average molecular weight is 373 g/mol. The van der Waals surface area contributed by atoms with Crippen molar-refractivity contribution in [2.45, 2.75) is 89.6 Å². The summed E-state index contributed by atoms with van der Waals surface area (Å²) >= 11 is 0. The molecule has 1 amide bonds. The highest BCUT2D eigenvalue weighted by atomic mass is 16.5. The van der Waals surface area contributed by atoms with Gasteiger partial charge in [-0.05, 0) is 12.8 Å². The molecular weight excluding hydrogens is 336 g/mol. The molecule has 0 rings (SSSR count). The van der Waals surface area contributed by atoms with Crippen LogP contribution in [0.2, 0.25) is 0 Å². The number of carbonyl (C=O) groups excluding carboxylic acids is 3. The fourth-order valence-electron chi connectivity index (χ4n) is 2.66. The normalized spacial score (nSPS) is 12.9. The largest absolute Gasteiger partial charge is 0.469 e. The van der Waals surface area contributed by atoms with Gasteiger partial charge in [0.25, 0.3) is 0 Å². The smallest absolute Gasteiger partial charge is 0.328 e. The van der Waals surface area contributed by atoms with Crippen molar-refractivity contribution in [3.05, 3.63) is 0 Å². The molecule has 152 valence electrons. The van der Waals surface area contributed by atoms with Crippen LogP contribution in [0.3, 0.4) is 0 Å². The van der Waals surface area contributed by atoms with E-state index in [0.29, 0.717) is 6.42 Å². The number of amides is 1. The monoisotopic (exact) mass is 372 g/mol. The van der Waals surface area contributed by atoms with Crippen LogP contribution in [0.5, 0.6) is 0 Å². The molecule has 0 saturated carbocycles. The van der Waals surface area contributed by atoms with Gasteiger partial charge in [0.1, 0.15) is 6.04 Å². The zero-order valence-corrected chi connectivity index (χ0v) is 16.6. The lowest BCUT2D eigenvalue weighted by Gasteiger charge is -2.19. The minimum Gasteiger partial charge on any atom is -0.469 e. The van der Waals surface area contributed by atoms with Gasteiger partial charge in [0.15, 0.2) is 0 Å². The Morgan fingerprint density at radius 3 is 2.00 bits per heavy atom. The van der Waals surface area contributed by atoms with Gasteiger partial charge >= 0.3 is 11.9 Å². The van der Waals surface area contributed by atoms with Gasteiger partial charge in [-0.25, -0.2) is 4.79 Å². The van der Waals surface area contributed by atoms with Crippen LogP contribution in [0.25, 0.3) is 0 Å². The van der Waals surface area contributed by atoms with Gasteiger partial charge < -0.3 is 20.5 Å². The lowest BCUT2D eigenvalue weighted by molar-refractivity contribution is -0.146. The molecule has 0 unspecified atom stereocenters. The second-order valence-corrected chi connectivity index (χ2v) is 6.57. The summed E-state index contributed by atoms with van der Waals surface area (Å²) in [7, 11) is 2.51. The molecule has 0 aliphatic heterocycles. The number of nitrogens with one attached hydrogen (secondary N) is 1. The summed E-state index contributed by atoms with van der Waals surface area (Å²) in [6, 6.07) is -1.56. The maximum Gasteiger partial charge on any atom is 0.328 e. The zero-order valence-electron chi connectivity index (χ0n) is 16.6. The summed E-state index contributed by atoms with van der Waals surface area (Å²) in [6.45, 7) is 2.20. The standard InChI is InChI=1S/C19H36N2O5/c1-4-5-6-7-8-9-10-11-12-15(20)18(23)21-16(19(24)26-3)13-14-17(22)25-2/h15-16H,4-14,20H2,1-3H3,(H,21,23)/t15-,16+/m1/s1. The Kier molecular flexibility index (Phi) is 14.6. The van der Waals surface area contributed by atoms with Crippen molar-refractivity contribution in [1.82, 2.24) is 5.32 Å². The van der Waals surface area contributed by atoms with E-state index in [1.165, 1.54) is 46.3 Å². The minimum absolute atomic E-state index is 0.0177. The Labute approximate surface area is 157 Å².